The summed E-state index contributed by atoms with van der Waals surface area (Å²) in [5, 5.41) is 11.7. The quantitative estimate of drug-likeness (QED) is 0.916. The molecule has 7 heteroatoms. The molecular weight excluding hydrogens is 338 g/mol. The Morgan fingerprint density at radius 2 is 2.04 bits per heavy atom. The van der Waals surface area contributed by atoms with Gasteiger partial charge in [-0.25, -0.2) is 8.42 Å². The van der Waals surface area contributed by atoms with E-state index in [0.29, 0.717) is 28.9 Å². The van der Waals surface area contributed by atoms with Gasteiger partial charge < -0.3 is 5.32 Å². The fraction of sp³-hybridized carbons (Fsp3) is 0.222. The fourth-order valence-corrected chi connectivity index (χ4v) is 4.38. The third kappa shape index (κ3) is 3.35. The van der Waals surface area contributed by atoms with E-state index in [2.05, 4.69) is 5.32 Å². The molecule has 1 aliphatic rings. The molecule has 6 nitrogen and oxygen atoms in total. The summed E-state index contributed by atoms with van der Waals surface area (Å²) in [5.74, 6) is -0.302. The number of carbonyl (C=O) groups excluding carboxylic acids is 1. The van der Waals surface area contributed by atoms with Crippen molar-refractivity contribution in [3.05, 3.63) is 59.2 Å². The van der Waals surface area contributed by atoms with Gasteiger partial charge in [-0.2, -0.15) is 5.26 Å². The lowest BCUT2D eigenvalue weighted by Gasteiger charge is -2.21. The van der Waals surface area contributed by atoms with Crippen LogP contribution in [-0.4, -0.2) is 26.6 Å². The Kier molecular flexibility index (Phi) is 4.23. The number of hydrogen-bond donors (Lipinski definition) is 1. The fourth-order valence-electron chi connectivity index (χ4n) is 3.12. The molecule has 1 atom stereocenters. The number of benzene rings is 2. The van der Waals surface area contributed by atoms with Crippen molar-refractivity contribution in [2.75, 3.05) is 15.9 Å². The highest BCUT2D eigenvalue weighted by molar-refractivity contribution is 7.92. The summed E-state index contributed by atoms with van der Waals surface area (Å²) >= 11 is 0. The number of anilines is 2. The second kappa shape index (κ2) is 6.22. The molecule has 1 aliphatic heterocycles. The van der Waals surface area contributed by atoms with Crippen molar-refractivity contribution < 1.29 is 13.2 Å². The summed E-state index contributed by atoms with van der Waals surface area (Å²) in [6.45, 7) is 1.84. The third-order valence-corrected chi connectivity index (χ3v) is 5.37. The number of rotatable bonds is 3. The Balaban J connectivity index is 1.87. The zero-order valence-corrected chi connectivity index (χ0v) is 14.7. The van der Waals surface area contributed by atoms with Gasteiger partial charge in [-0.15, -0.1) is 0 Å². The molecule has 0 aliphatic carbocycles. The number of fused-ring (bicyclic) bond motifs is 1. The van der Waals surface area contributed by atoms with Crippen molar-refractivity contribution in [2.45, 2.75) is 19.4 Å². The van der Waals surface area contributed by atoms with Gasteiger partial charge in [0, 0.05) is 17.3 Å². The molecule has 25 heavy (non-hydrogen) atoms. The summed E-state index contributed by atoms with van der Waals surface area (Å²) in [6.07, 6.45) is 1.74. The van der Waals surface area contributed by atoms with E-state index >= 15 is 0 Å². The second-order valence-electron chi connectivity index (χ2n) is 6.10. The van der Waals surface area contributed by atoms with Crippen LogP contribution in [0.3, 0.4) is 0 Å². The average molecular weight is 355 g/mol. The van der Waals surface area contributed by atoms with Gasteiger partial charge >= 0.3 is 0 Å². The van der Waals surface area contributed by atoms with Gasteiger partial charge in [-0.05, 0) is 55.3 Å². The zero-order valence-electron chi connectivity index (χ0n) is 13.9. The van der Waals surface area contributed by atoms with Crippen LogP contribution in [0.4, 0.5) is 11.4 Å². The Morgan fingerprint density at radius 1 is 1.28 bits per heavy atom. The number of nitrogens with zero attached hydrogens (tertiary/aromatic N) is 2. The first-order valence-electron chi connectivity index (χ1n) is 7.73. The highest BCUT2D eigenvalue weighted by Gasteiger charge is 2.32. The van der Waals surface area contributed by atoms with Crippen LogP contribution < -0.4 is 9.62 Å². The number of carbonyl (C=O) groups is 1. The zero-order chi connectivity index (χ0) is 18.2. The van der Waals surface area contributed by atoms with E-state index in [1.165, 1.54) is 10.6 Å². The maximum absolute atomic E-state index is 12.4. The molecule has 0 unspecified atom stereocenters. The van der Waals surface area contributed by atoms with Crippen molar-refractivity contribution >= 4 is 27.3 Å². The number of nitrogens with one attached hydrogen (secondary N) is 1. The molecule has 0 spiro atoms. The first-order chi connectivity index (χ1) is 11.8. The molecule has 128 valence electrons. The van der Waals surface area contributed by atoms with Crippen molar-refractivity contribution in [3.8, 4) is 6.07 Å². The summed E-state index contributed by atoms with van der Waals surface area (Å²) in [5.41, 5.74) is 2.90. The Bertz CT molecular complexity index is 993. The molecule has 0 saturated carbocycles. The van der Waals surface area contributed by atoms with E-state index in [4.69, 9.17) is 5.26 Å². The lowest BCUT2D eigenvalue weighted by molar-refractivity contribution is 0.102. The SMILES string of the molecule is C[C@@H]1Cc2cc(C(=O)Nc3cccc(C#N)c3)ccc2N1S(C)(=O)=O. The van der Waals surface area contributed by atoms with Gasteiger partial charge in [-0.1, -0.05) is 6.07 Å². The summed E-state index contributed by atoms with van der Waals surface area (Å²) in [6, 6.07) is 13.5. The van der Waals surface area contributed by atoms with Gasteiger partial charge in [0.2, 0.25) is 10.0 Å². The molecule has 0 saturated heterocycles. The second-order valence-corrected chi connectivity index (χ2v) is 7.96. The molecule has 2 aromatic carbocycles. The normalized spacial score (nSPS) is 16.2. The van der Waals surface area contributed by atoms with Gasteiger partial charge in [0.1, 0.15) is 0 Å². The molecular formula is C18H17N3O3S. The van der Waals surface area contributed by atoms with Crippen LogP contribution in [0.1, 0.15) is 28.4 Å². The van der Waals surface area contributed by atoms with Crippen molar-refractivity contribution in [1.29, 1.82) is 5.26 Å². The van der Waals surface area contributed by atoms with Crippen LogP contribution in [0.25, 0.3) is 0 Å². The van der Waals surface area contributed by atoms with Gasteiger partial charge in [0.15, 0.2) is 0 Å². The lowest BCUT2D eigenvalue weighted by atomic mass is 10.1. The predicted molar refractivity (Wildman–Crippen MR) is 96.0 cm³/mol. The van der Waals surface area contributed by atoms with Crippen LogP contribution >= 0.6 is 0 Å². The van der Waals surface area contributed by atoms with E-state index in [-0.39, 0.29) is 11.9 Å². The standard InChI is InChI=1S/C18H17N3O3S/c1-12-8-15-10-14(6-7-17(15)21(12)25(2,23)24)18(22)20-16-5-3-4-13(9-16)11-19/h3-7,9-10,12H,8H2,1-2H3,(H,20,22)/t12-/m1/s1. The molecule has 0 aromatic heterocycles. The monoisotopic (exact) mass is 355 g/mol. The first-order valence-corrected chi connectivity index (χ1v) is 9.58. The predicted octanol–water partition coefficient (Wildman–Crippen LogP) is 2.52. The van der Waals surface area contributed by atoms with Gasteiger partial charge in [0.05, 0.1) is 23.6 Å². The van der Waals surface area contributed by atoms with E-state index in [0.717, 1.165) is 5.56 Å². The van der Waals surface area contributed by atoms with Crippen LogP contribution in [-0.2, 0) is 16.4 Å². The molecule has 1 amide bonds. The van der Waals surface area contributed by atoms with E-state index in [1.807, 2.05) is 13.0 Å². The Hall–Kier alpha value is -2.85. The first kappa shape index (κ1) is 17.0. The van der Waals surface area contributed by atoms with Crippen LogP contribution in [0.15, 0.2) is 42.5 Å². The molecule has 0 fully saturated rings. The molecule has 0 bridgehead atoms. The van der Waals surface area contributed by atoms with Gasteiger partial charge in [0.25, 0.3) is 5.91 Å². The smallest absolute Gasteiger partial charge is 0.255 e. The molecule has 1 heterocycles. The minimum atomic E-state index is -3.35. The minimum absolute atomic E-state index is 0.171. The highest BCUT2D eigenvalue weighted by Crippen LogP contribution is 2.34. The topological polar surface area (TPSA) is 90.3 Å². The minimum Gasteiger partial charge on any atom is -0.322 e. The number of hydrogen-bond acceptors (Lipinski definition) is 4. The number of amides is 1. The summed E-state index contributed by atoms with van der Waals surface area (Å²) < 4.78 is 25.3. The van der Waals surface area contributed by atoms with Gasteiger partial charge in [-0.3, -0.25) is 9.10 Å². The maximum Gasteiger partial charge on any atom is 0.255 e. The summed E-state index contributed by atoms with van der Waals surface area (Å²) in [7, 11) is -3.35. The van der Waals surface area contributed by atoms with Crippen LogP contribution in [0.2, 0.25) is 0 Å². The molecule has 0 radical (unpaired) electrons. The van der Waals surface area contributed by atoms with Crippen LogP contribution in [0.5, 0.6) is 0 Å². The molecule has 2 aromatic rings. The Labute approximate surface area is 146 Å². The van der Waals surface area contributed by atoms with E-state index in [9.17, 15) is 13.2 Å². The van der Waals surface area contributed by atoms with E-state index < -0.39 is 10.0 Å². The van der Waals surface area contributed by atoms with Crippen molar-refractivity contribution in [2.24, 2.45) is 0 Å². The Morgan fingerprint density at radius 3 is 2.72 bits per heavy atom. The average Bonchev–Trinajstić information content (AvgIpc) is 2.89. The molecule has 3 rings (SSSR count). The maximum atomic E-state index is 12.4. The largest absolute Gasteiger partial charge is 0.322 e. The number of sulfonamides is 1. The molecule has 1 N–H and O–H groups in total. The summed E-state index contributed by atoms with van der Waals surface area (Å²) in [4.78, 5) is 12.4. The van der Waals surface area contributed by atoms with Crippen molar-refractivity contribution in [3.63, 3.8) is 0 Å². The van der Waals surface area contributed by atoms with E-state index in [1.54, 1.807) is 42.5 Å². The lowest BCUT2D eigenvalue weighted by Crippen LogP contribution is -2.34. The highest BCUT2D eigenvalue weighted by atomic mass is 32.2. The number of nitriles is 1. The third-order valence-electron chi connectivity index (χ3n) is 4.10. The van der Waals surface area contributed by atoms with Crippen molar-refractivity contribution in [1.82, 2.24) is 0 Å². The van der Waals surface area contributed by atoms with Crippen LogP contribution in [0, 0.1) is 11.3 Å².